The quantitative estimate of drug-likeness (QED) is 0.519. The van der Waals surface area contributed by atoms with Gasteiger partial charge in [-0.3, -0.25) is 0 Å². The van der Waals surface area contributed by atoms with E-state index in [-0.39, 0.29) is 0 Å². The third kappa shape index (κ3) is 2.48. The lowest BCUT2D eigenvalue weighted by Gasteiger charge is -2.10. The summed E-state index contributed by atoms with van der Waals surface area (Å²) in [5.41, 5.74) is 3.36. The first kappa shape index (κ1) is 14.6. The first-order valence-corrected chi connectivity index (χ1v) is 7.50. The van der Waals surface area contributed by atoms with Crippen LogP contribution < -0.4 is 0 Å². The molecule has 0 spiro atoms. The molecule has 106 valence electrons. The van der Waals surface area contributed by atoms with Crippen molar-refractivity contribution in [1.29, 1.82) is 0 Å². The fraction of sp³-hybridized carbons (Fsp3) is 0.125. The Labute approximate surface area is 137 Å². The van der Waals surface area contributed by atoms with Crippen LogP contribution in [-0.2, 0) is 0 Å². The summed E-state index contributed by atoms with van der Waals surface area (Å²) in [5, 5.41) is 2.46. The van der Waals surface area contributed by atoms with Gasteiger partial charge in [0.15, 0.2) is 5.82 Å². The molecular weight excluding hydrogens is 327 g/mol. The van der Waals surface area contributed by atoms with Crippen molar-refractivity contribution in [3.05, 3.63) is 56.7 Å². The summed E-state index contributed by atoms with van der Waals surface area (Å²) in [6.07, 6.45) is 0. The molecule has 0 aliphatic rings. The van der Waals surface area contributed by atoms with Crippen molar-refractivity contribution >= 4 is 45.7 Å². The number of benzene rings is 2. The number of halogens is 3. The van der Waals surface area contributed by atoms with Crippen molar-refractivity contribution in [3.63, 3.8) is 0 Å². The second kappa shape index (κ2) is 5.45. The number of aromatic nitrogens is 2. The lowest BCUT2D eigenvalue weighted by atomic mass is 10.1. The first-order chi connectivity index (χ1) is 9.99. The van der Waals surface area contributed by atoms with Gasteiger partial charge < -0.3 is 0 Å². The first-order valence-electron chi connectivity index (χ1n) is 6.37. The van der Waals surface area contributed by atoms with Crippen molar-refractivity contribution in [2.75, 3.05) is 0 Å². The van der Waals surface area contributed by atoms with E-state index in [9.17, 15) is 0 Å². The molecule has 0 saturated carbocycles. The average molecular weight is 338 g/mol. The zero-order valence-corrected chi connectivity index (χ0v) is 13.7. The second-order valence-corrected chi connectivity index (χ2v) is 5.99. The fourth-order valence-corrected chi connectivity index (χ4v) is 2.81. The summed E-state index contributed by atoms with van der Waals surface area (Å²) in [7, 11) is 0. The standard InChI is InChI=1S/C16H11Cl3N2/c1-8-4-3-5-10(13(8)18)16-20-14-9(2)12(17)7-6-11(14)15(19)21-16/h3-7H,1-2H3. The van der Waals surface area contributed by atoms with Gasteiger partial charge in [0.25, 0.3) is 0 Å². The minimum absolute atomic E-state index is 0.396. The molecule has 0 unspecified atom stereocenters. The molecule has 0 saturated heterocycles. The van der Waals surface area contributed by atoms with E-state index in [1.54, 1.807) is 6.07 Å². The monoisotopic (exact) mass is 336 g/mol. The van der Waals surface area contributed by atoms with E-state index in [0.717, 1.165) is 27.6 Å². The molecule has 0 atom stereocenters. The third-order valence-electron chi connectivity index (χ3n) is 3.44. The zero-order chi connectivity index (χ0) is 15.1. The van der Waals surface area contributed by atoms with E-state index < -0.39 is 0 Å². The number of nitrogens with zero attached hydrogens (tertiary/aromatic N) is 2. The van der Waals surface area contributed by atoms with Crippen LogP contribution in [0.5, 0.6) is 0 Å². The molecule has 1 heterocycles. The summed E-state index contributed by atoms with van der Waals surface area (Å²) in [5.74, 6) is 0.506. The number of rotatable bonds is 1. The van der Waals surface area contributed by atoms with Crippen LogP contribution >= 0.6 is 34.8 Å². The predicted molar refractivity (Wildman–Crippen MR) is 89.5 cm³/mol. The SMILES string of the molecule is Cc1cccc(-c2nc(Cl)c3ccc(Cl)c(C)c3n2)c1Cl. The Morgan fingerprint density at radius 1 is 0.905 bits per heavy atom. The van der Waals surface area contributed by atoms with Crippen LogP contribution in [0.15, 0.2) is 30.3 Å². The molecule has 1 aromatic heterocycles. The molecule has 0 radical (unpaired) electrons. The van der Waals surface area contributed by atoms with E-state index in [2.05, 4.69) is 9.97 Å². The van der Waals surface area contributed by atoms with E-state index in [1.807, 2.05) is 38.1 Å². The summed E-state index contributed by atoms with van der Waals surface area (Å²) in [6, 6.07) is 9.37. The lowest BCUT2D eigenvalue weighted by molar-refractivity contribution is 1.21. The maximum Gasteiger partial charge on any atom is 0.163 e. The Morgan fingerprint density at radius 2 is 1.67 bits per heavy atom. The Hall–Kier alpha value is -1.35. The summed E-state index contributed by atoms with van der Waals surface area (Å²) in [4.78, 5) is 8.98. The van der Waals surface area contributed by atoms with Crippen molar-refractivity contribution < 1.29 is 0 Å². The molecule has 21 heavy (non-hydrogen) atoms. The molecule has 0 N–H and O–H groups in total. The Morgan fingerprint density at radius 3 is 2.43 bits per heavy atom. The number of fused-ring (bicyclic) bond motifs is 1. The molecule has 2 nitrogen and oxygen atoms in total. The van der Waals surface area contributed by atoms with E-state index in [0.29, 0.717) is 21.0 Å². The van der Waals surface area contributed by atoms with Gasteiger partial charge in [0.1, 0.15) is 5.15 Å². The summed E-state index contributed by atoms with van der Waals surface area (Å²) >= 11 is 18.8. The van der Waals surface area contributed by atoms with Crippen LogP contribution in [0.3, 0.4) is 0 Å². The molecular formula is C16H11Cl3N2. The van der Waals surface area contributed by atoms with E-state index >= 15 is 0 Å². The smallest absolute Gasteiger partial charge is 0.163 e. The molecule has 0 bridgehead atoms. The number of aryl methyl sites for hydroxylation is 2. The van der Waals surface area contributed by atoms with Crippen LogP contribution in [-0.4, -0.2) is 9.97 Å². The predicted octanol–water partition coefficient (Wildman–Crippen LogP) is 5.87. The lowest BCUT2D eigenvalue weighted by Crippen LogP contribution is -1.95. The highest BCUT2D eigenvalue weighted by atomic mass is 35.5. The molecule has 0 fully saturated rings. The van der Waals surface area contributed by atoms with Gasteiger partial charge in [-0.1, -0.05) is 46.9 Å². The van der Waals surface area contributed by atoms with Crippen LogP contribution in [0.2, 0.25) is 15.2 Å². The fourth-order valence-electron chi connectivity index (χ4n) is 2.21. The molecule has 3 aromatic rings. The topological polar surface area (TPSA) is 25.8 Å². The van der Waals surface area contributed by atoms with Gasteiger partial charge in [-0.05, 0) is 43.2 Å². The van der Waals surface area contributed by atoms with Crippen LogP contribution in [0.25, 0.3) is 22.3 Å². The molecule has 0 aliphatic carbocycles. The van der Waals surface area contributed by atoms with Gasteiger partial charge in [0.2, 0.25) is 0 Å². The van der Waals surface area contributed by atoms with Crippen molar-refractivity contribution in [3.8, 4) is 11.4 Å². The average Bonchev–Trinajstić information content (AvgIpc) is 2.46. The van der Waals surface area contributed by atoms with Gasteiger partial charge in [0.05, 0.1) is 10.5 Å². The van der Waals surface area contributed by atoms with E-state index in [1.165, 1.54) is 0 Å². The van der Waals surface area contributed by atoms with Gasteiger partial charge in [0, 0.05) is 16.0 Å². The van der Waals surface area contributed by atoms with Gasteiger partial charge >= 0.3 is 0 Å². The van der Waals surface area contributed by atoms with E-state index in [4.69, 9.17) is 34.8 Å². The summed E-state index contributed by atoms with van der Waals surface area (Å²) in [6.45, 7) is 3.85. The Kier molecular flexibility index (Phi) is 3.78. The van der Waals surface area contributed by atoms with Crippen LogP contribution in [0.4, 0.5) is 0 Å². The summed E-state index contributed by atoms with van der Waals surface area (Å²) < 4.78 is 0. The number of hydrogen-bond donors (Lipinski definition) is 0. The molecule has 0 amide bonds. The van der Waals surface area contributed by atoms with Crippen molar-refractivity contribution in [2.45, 2.75) is 13.8 Å². The van der Waals surface area contributed by atoms with Crippen molar-refractivity contribution in [2.24, 2.45) is 0 Å². The highest BCUT2D eigenvalue weighted by molar-refractivity contribution is 6.36. The van der Waals surface area contributed by atoms with Gasteiger partial charge in [-0.2, -0.15) is 0 Å². The minimum Gasteiger partial charge on any atom is -0.228 e. The largest absolute Gasteiger partial charge is 0.228 e. The third-order valence-corrected chi connectivity index (χ3v) is 4.64. The van der Waals surface area contributed by atoms with Crippen LogP contribution in [0.1, 0.15) is 11.1 Å². The van der Waals surface area contributed by atoms with Gasteiger partial charge in [-0.25, -0.2) is 9.97 Å². The molecule has 0 aliphatic heterocycles. The Balaban J connectivity index is 2.35. The zero-order valence-electron chi connectivity index (χ0n) is 11.4. The van der Waals surface area contributed by atoms with Crippen LogP contribution in [0, 0.1) is 13.8 Å². The normalized spacial score (nSPS) is 11.1. The maximum absolute atomic E-state index is 6.35. The second-order valence-electron chi connectivity index (χ2n) is 4.84. The molecule has 3 rings (SSSR count). The molecule has 2 aromatic carbocycles. The minimum atomic E-state index is 0.396. The van der Waals surface area contributed by atoms with Crippen molar-refractivity contribution in [1.82, 2.24) is 9.97 Å². The maximum atomic E-state index is 6.35. The molecule has 5 heteroatoms. The number of hydrogen-bond acceptors (Lipinski definition) is 2. The van der Waals surface area contributed by atoms with Gasteiger partial charge in [-0.15, -0.1) is 0 Å². The highest BCUT2D eigenvalue weighted by Crippen LogP contribution is 2.33. The Bertz CT molecular complexity index is 860. The highest BCUT2D eigenvalue weighted by Gasteiger charge is 2.14.